The number of carbonyl (C=O) groups excluding carboxylic acids is 1. The quantitative estimate of drug-likeness (QED) is 0.786. The van der Waals surface area contributed by atoms with Crippen molar-refractivity contribution >= 4 is 15.8 Å². The molecule has 4 nitrogen and oxygen atoms in total. The highest BCUT2D eigenvalue weighted by Gasteiger charge is 2.29. The van der Waals surface area contributed by atoms with Crippen molar-refractivity contribution < 1.29 is 31.1 Å². The summed E-state index contributed by atoms with van der Waals surface area (Å²) in [5.41, 5.74) is -0.362. The van der Waals surface area contributed by atoms with E-state index in [-0.39, 0.29) is 17.1 Å². The van der Waals surface area contributed by atoms with Crippen molar-refractivity contribution in [2.45, 2.75) is 17.7 Å². The van der Waals surface area contributed by atoms with Gasteiger partial charge in [-0.1, -0.05) is 18.2 Å². The van der Waals surface area contributed by atoms with Gasteiger partial charge in [-0.3, -0.25) is 0 Å². The van der Waals surface area contributed by atoms with Crippen molar-refractivity contribution in [1.29, 1.82) is 0 Å². The first-order valence-electron chi connectivity index (χ1n) is 6.71. The van der Waals surface area contributed by atoms with Gasteiger partial charge >= 0.3 is 12.1 Å². The van der Waals surface area contributed by atoms with Gasteiger partial charge < -0.3 is 4.74 Å². The van der Waals surface area contributed by atoms with E-state index in [9.17, 15) is 26.4 Å². The summed E-state index contributed by atoms with van der Waals surface area (Å²) in [5.74, 6) is -0.764. The summed E-state index contributed by atoms with van der Waals surface area (Å²) >= 11 is 0. The molecule has 0 aromatic heterocycles. The lowest BCUT2D eigenvalue weighted by molar-refractivity contribution is -0.137. The van der Waals surface area contributed by atoms with Crippen molar-refractivity contribution in [3.8, 4) is 0 Å². The number of esters is 1. The summed E-state index contributed by atoms with van der Waals surface area (Å²) in [7, 11) is -3.46. The number of hydrogen-bond acceptors (Lipinski definition) is 4. The van der Waals surface area contributed by atoms with Gasteiger partial charge in [-0.25, -0.2) is 13.2 Å². The van der Waals surface area contributed by atoms with E-state index in [0.29, 0.717) is 5.56 Å². The molecule has 0 unspecified atom stereocenters. The van der Waals surface area contributed by atoms with Gasteiger partial charge in [0.05, 0.1) is 16.0 Å². The van der Waals surface area contributed by atoms with E-state index in [0.717, 1.165) is 18.4 Å². The molecular formula is C16H13F3O4S. The van der Waals surface area contributed by atoms with Crippen LogP contribution in [0.15, 0.2) is 53.4 Å². The van der Waals surface area contributed by atoms with Gasteiger partial charge in [0.25, 0.3) is 0 Å². The lowest BCUT2D eigenvalue weighted by Crippen LogP contribution is -2.08. The Morgan fingerprint density at radius 1 is 1.08 bits per heavy atom. The molecule has 2 aromatic carbocycles. The second kappa shape index (κ2) is 6.64. The zero-order valence-electron chi connectivity index (χ0n) is 12.5. The van der Waals surface area contributed by atoms with Crippen LogP contribution in [0.4, 0.5) is 13.2 Å². The molecule has 0 saturated heterocycles. The lowest BCUT2D eigenvalue weighted by Gasteiger charge is -2.09. The fraction of sp³-hybridized carbons (Fsp3) is 0.188. The maximum atomic E-state index is 12.5. The van der Waals surface area contributed by atoms with Gasteiger partial charge in [0.2, 0.25) is 0 Å². The predicted octanol–water partition coefficient (Wildman–Crippen LogP) is 3.47. The monoisotopic (exact) mass is 358 g/mol. The highest BCUT2D eigenvalue weighted by molar-refractivity contribution is 7.90. The molecule has 0 aliphatic carbocycles. The topological polar surface area (TPSA) is 60.4 Å². The molecule has 0 heterocycles. The standard InChI is InChI=1S/C16H13F3O4S/c1-24(21,22)14-4-2-3-12(9-14)15(20)23-10-11-5-7-13(8-6-11)16(17,18)19/h2-9H,10H2,1H3. The summed E-state index contributed by atoms with van der Waals surface area (Å²) in [6.07, 6.45) is -3.42. The first kappa shape index (κ1) is 18.0. The average molecular weight is 358 g/mol. The van der Waals surface area contributed by atoms with E-state index in [1.807, 2.05) is 0 Å². The lowest BCUT2D eigenvalue weighted by atomic mass is 10.1. The van der Waals surface area contributed by atoms with E-state index >= 15 is 0 Å². The van der Waals surface area contributed by atoms with Crippen LogP contribution in [0.25, 0.3) is 0 Å². The van der Waals surface area contributed by atoms with Crippen LogP contribution in [0.2, 0.25) is 0 Å². The van der Waals surface area contributed by atoms with Gasteiger partial charge in [-0.05, 0) is 35.9 Å². The van der Waals surface area contributed by atoms with Gasteiger partial charge in [0.15, 0.2) is 9.84 Å². The first-order chi connectivity index (χ1) is 11.1. The SMILES string of the molecule is CS(=O)(=O)c1cccc(C(=O)OCc2ccc(C(F)(F)F)cc2)c1. The zero-order valence-corrected chi connectivity index (χ0v) is 13.3. The number of benzene rings is 2. The minimum absolute atomic E-state index is 0.0218. The Balaban J connectivity index is 2.06. The summed E-state index contributed by atoms with van der Waals surface area (Å²) in [5, 5.41) is 0. The van der Waals surface area contributed by atoms with Crippen LogP contribution >= 0.6 is 0 Å². The molecule has 0 atom stereocenters. The van der Waals surface area contributed by atoms with Crippen LogP contribution in [-0.2, 0) is 27.4 Å². The van der Waals surface area contributed by atoms with Crippen molar-refractivity contribution in [2.24, 2.45) is 0 Å². The second-order valence-electron chi connectivity index (χ2n) is 5.07. The van der Waals surface area contributed by atoms with Crippen molar-refractivity contribution in [3.05, 3.63) is 65.2 Å². The molecule has 0 spiro atoms. The minimum Gasteiger partial charge on any atom is -0.457 e. The number of hydrogen-bond donors (Lipinski definition) is 0. The maximum Gasteiger partial charge on any atom is 0.416 e. The molecule has 0 aliphatic rings. The molecule has 0 amide bonds. The predicted molar refractivity (Wildman–Crippen MR) is 80.1 cm³/mol. The number of rotatable bonds is 4. The van der Waals surface area contributed by atoms with Gasteiger partial charge in [0.1, 0.15) is 6.61 Å². The number of alkyl halides is 3. The minimum atomic E-state index is -4.43. The Hall–Kier alpha value is -2.35. The summed E-state index contributed by atoms with van der Waals surface area (Å²) in [6.45, 7) is -0.222. The van der Waals surface area contributed by atoms with Crippen LogP contribution in [-0.4, -0.2) is 20.6 Å². The molecule has 0 fully saturated rings. The summed E-state index contributed by atoms with van der Waals surface area (Å²) in [6, 6.07) is 9.55. The third-order valence-electron chi connectivity index (χ3n) is 3.15. The van der Waals surface area contributed by atoms with E-state index < -0.39 is 27.5 Å². The molecule has 0 radical (unpaired) electrons. The van der Waals surface area contributed by atoms with E-state index in [1.54, 1.807) is 0 Å². The highest BCUT2D eigenvalue weighted by Crippen LogP contribution is 2.29. The van der Waals surface area contributed by atoms with Gasteiger partial charge in [0, 0.05) is 6.26 Å². The number of ether oxygens (including phenoxy) is 1. The van der Waals surface area contributed by atoms with E-state index in [2.05, 4.69) is 0 Å². The van der Waals surface area contributed by atoms with Crippen LogP contribution in [0.5, 0.6) is 0 Å². The third kappa shape index (κ3) is 4.58. The van der Waals surface area contributed by atoms with E-state index in [1.165, 1.54) is 36.4 Å². The Labute approximate surface area is 136 Å². The smallest absolute Gasteiger partial charge is 0.416 e. The molecule has 0 aliphatic heterocycles. The molecule has 2 rings (SSSR count). The third-order valence-corrected chi connectivity index (χ3v) is 4.26. The summed E-state index contributed by atoms with van der Waals surface area (Å²) in [4.78, 5) is 11.9. The van der Waals surface area contributed by atoms with Crippen molar-refractivity contribution in [1.82, 2.24) is 0 Å². The van der Waals surface area contributed by atoms with Crippen molar-refractivity contribution in [3.63, 3.8) is 0 Å². The Morgan fingerprint density at radius 3 is 2.25 bits per heavy atom. The molecule has 128 valence electrons. The van der Waals surface area contributed by atoms with Crippen molar-refractivity contribution in [2.75, 3.05) is 6.26 Å². The van der Waals surface area contributed by atoms with Crippen LogP contribution in [0.3, 0.4) is 0 Å². The largest absolute Gasteiger partial charge is 0.457 e. The molecule has 0 bridgehead atoms. The number of halogens is 3. The Morgan fingerprint density at radius 2 is 1.71 bits per heavy atom. The van der Waals surface area contributed by atoms with E-state index in [4.69, 9.17) is 4.74 Å². The zero-order chi connectivity index (χ0) is 18.0. The van der Waals surface area contributed by atoms with Crippen LogP contribution in [0, 0.1) is 0 Å². The average Bonchev–Trinajstić information content (AvgIpc) is 2.51. The normalized spacial score (nSPS) is 12.0. The Bertz CT molecular complexity index is 840. The maximum absolute atomic E-state index is 12.5. The first-order valence-corrected chi connectivity index (χ1v) is 8.60. The Kier molecular flexibility index (Phi) is 4.98. The fourth-order valence-corrected chi connectivity index (χ4v) is 2.54. The van der Waals surface area contributed by atoms with Crippen LogP contribution in [0.1, 0.15) is 21.5 Å². The van der Waals surface area contributed by atoms with Crippen LogP contribution < -0.4 is 0 Å². The van der Waals surface area contributed by atoms with Gasteiger partial charge in [-0.2, -0.15) is 13.2 Å². The molecule has 2 aromatic rings. The number of carbonyl (C=O) groups is 1. The molecule has 24 heavy (non-hydrogen) atoms. The molecular weight excluding hydrogens is 345 g/mol. The molecule has 8 heteroatoms. The highest BCUT2D eigenvalue weighted by atomic mass is 32.2. The fourth-order valence-electron chi connectivity index (χ4n) is 1.88. The number of sulfone groups is 1. The molecule has 0 N–H and O–H groups in total. The van der Waals surface area contributed by atoms with Gasteiger partial charge in [-0.15, -0.1) is 0 Å². The molecule has 0 saturated carbocycles. The second-order valence-corrected chi connectivity index (χ2v) is 7.09. The summed E-state index contributed by atoms with van der Waals surface area (Å²) < 4.78 is 65.3.